The van der Waals surface area contributed by atoms with Crippen LogP contribution in [0.4, 0.5) is 0 Å². The van der Waals surface area contributed by atoms with Crippen molar-refractivity contribution in [1.82, 2.24) is 20.3 Å². The van der Waals surface area contributed by atoms with Gasteiger partial charge in [-0.1, -0.05) is 18.2 Å². The third-order valence-corrected chi connectivity index (χ3v) is 3.43. The van der Waals surface area contributed by atoms with Crippen molar-refractivity contribution in [3.05, 3.63) is 72.1 Å². The number of nitrogens with one attached hydrogen (secondary N) is 1. The summed E-state index contributed by atoms with van der Waals surface area (Å²) in [6.45, 7) is 0.424. The first-order valence-corrected chi connectivity index (χ1v) is 7.85. The van der Waals surface area contributed by atoms with E-state index in [0.717, 1.165) is 5.69 Å². The molecule has 0 unspecified atom stereocenters. The molecular weight excluding hydrogens is 320 g/mol. The number of carbonyl (C=O) groups excluding carboxylic acids is 1. The summed E-state index contributed by atoms with van der Waals surface area (Å²) in [5.41, 5.74) is 2.09. The number of benzene rings is 2. The molecule has 25 heavy (non-hydrogen) atoms. The minimum atomic E-state index is -0.230. The number of amides is 1. The van der Waals surface area contributed by atoms with Crippen molar-refractivity contribution in [2.45, 2.75) is 6.61 Å². The standard InChI is InChI=1S/C18H18N4O3/c23-11-10-19-18(24)14-6-8-17(9-7-14)25-13-15-12-20-22(21-15)16-4-2-1-3-5-16/h1-9,12,23H,10-11,13H2,(H,19,24). The summed E-state index contributed by atoms with van der Waals surface area (Å²) in [6, 6.07) is 16.4. The molecule has 0 fully saturated rings. The first-order chi connectivity index (χ1) is 12.3. The summed E-state index contributed by atoms with van der Waals surface area (Å²) in [4.78, 5) is 13.3. The maximum atomic E-state index is 11.7. The smallest absolute Gasteiger partial charge is 0.251 e. The Labute approximate surface area is 144 Å². The van der Waals surface area contributed by atoms with Gasteiger partial charge in [0.05, 0.1) is 18.5 Å². The van der Waals surface area contributed by atoms with Crippen LogP contribution in [0.3, 0.4) is 0 Å². The third kappa shape index (κ3) is 4.42. The van der Waals surface area contributed by atoms with Gasteiger partial charge in [-0.15, -0.1) is 5.10 Å². The van der Waals surface area contributed by atoms with Crippen LogP contribution < -0.4 is 10.1 Å². The molecule has 0 aliphatic carbocycles. The predicted molar refractivity (Wildman–Crippen MR) is 91.6 cm³/mol. The topological polar surface area (TPSA) is 89.3 Å². The van der Waals surface area contributed by atoms with E-state index in [0.29, 0.717) is 17.0 Å². The molecule has 1 heterocycles. The monoisotopic (exact) mass is 338 g/mol. The van der Waals surface area contributed by atoms with E-state index in [4.69, 9.17) is 9.84 Å². The number of carbonyl (C=O) groups is 1. The molecule has 2 N–H and O–H groups in total. The number of aliphatic hydroxyl groups is 1. The molecule has 1 aromatic heterocycles. The van der Waals surface area contributed by atoms with Gasteiger partial charge in [-0.05, 0) is 36.4 Å². The minimum Gasteiger partial charge on any atom is -0.487 e. The van der Waals surface area contributed by atoms with Gasteiger partial charge in [0.2, 0.25) is 0 Å². The normalized spacial score (nSPS) is 10.4. The molecule has 0 atom stereocenters. The number of rotatable bonds is 7. The van der Waals surface area contributed by atoms with Gasteiger partial charge in [0.15, 0.2) is 0 Å². The molecular formula is C18H18N4O3. The van der Waals surface area contributed by atoms with Crippen LogP contribution in [0.2, 0.25) is 0 Å². The lowest BCUT2D eigenvalue weighted by molar-refractivity contribution is 0.0944. The molecule has 1 amide bonds. The fraction of sp³-hybridized carbons (Fsp3) is 0.167. The number of para-hydroxylation sites is 1. The Morgan fingerprint density at radius 2 is 1.88 bits per heavy atom. The average Bonchev–Trinajstić information content (AvgIpc) is 3.14. The first kappa shape index (κ1) is 16.7. The molecule has 0 spiro atoms. The van der Waals surface area contributed by atoms with Crippen LogP contribution in [0.25, 0.3) is 5.69 Å². The van der Waals surface area contributed by atoms with Crippen LogP contribution in [0.5, 0.6) is 5.75 Å². The molecule has 0 saturated heterocycles. The molecule has 7 heteroatoms. The Balaban J connectivity index is 1.57. The van der Waals surface area contributed by atoms with Gasteiger partial charge in [-0.25, -0.2) is 0 Å². The highest BCUT2D eigenvalue weighted by Gasteiger charge is 2.06. The van der Waals surface area contributed by atoms with Gasteiger partial charge in [0, 0.05) is 12.1 Å². The van der Waals surface area contributed by atoms with Crippen molar-refractivity contribution in [1.29, 1.82) is 0 Å². The summed E-state index contributed by atoms with van der Waals surface area (Å²) in [6.07, 6.45) is 1.66. The van der Waals surface area contributed by atoms with E-state index in [1.807, 2.05) is 30.3 Å². The second-order valence-electron chi connectivity index (χ2n) is 5.25. The van der Waals surface area contributed by atoms with E-state index in [1.54, 1.807) is 35.3 Å². The van der Waals surface area contributed by atoms with Crippen molar-refractivity contribution in [2.75, 3.05) is 13.2 Å². The van der Waals surface area contributed by atoms with E-state index < -0.39 is 0 Å². The highest BCUT2D eigenvalue weighted by Crippen LogP contribution is 2.14. The molecule has 0 aliphatic rings. The van der Waals surface area contributed by atoms with Gasteiger partial charge in [-0.3, -0.25) is 4.79 Å². The number of ether oxygens (including phenoxy) is 1. The van der Waals surface area contributed by atoms with Crippen molar-refractivity contribution in [3.8, 4) is 11.4 Å². The second kappa shape index (κ2) is 8.07. The zero-order valence-corrected chi connectivity index (χ0v) is 13.5. The van der Waals surface area contributed by atoms with Gasteiger partial charge >= 0.3 is 0 Å². The molecule has 0 radical (unpaired) electrons. The molecule has 0 saturated carbocycles. The molecule has 3 rings (SSSR count). The van der Waals surface area contributed by atoms with Crippen LogP contribution in [0.1, 0.15) is 16.1 Å². The quantitative estimate of drug-likeness (QED) is 0.682. The van der Waals surface area contributed by atoms with Crippen LogP contribution in [-0.4, -0.2) is 39.2 Å². The van der Waals surface area contributed by atoms with E-state index in [9.17, 15) is 4.79 Å². The molecule has 0 aliphatic heterocycles. The fourth-order valence-electron chi connectivity index (χ4n) is 2.18. The predicted octanol–water partition coefficient (Wildman–Crippen LogP) is 1.57. The Bertz CT molecular complexity index is 816. The minimum absolute atomic E-state index is 0.0867. The molecule has 7 nitrogen and oxygen atoms in total. The molecule has 0 bridgehead atoms. The summed E-state index contributed by atoms with van der Waals surface area (Å²) in [5, 5.41) is 19.9. The molecule has 3 aromatic rings. The van der Waals surface area contributed by atoms with Crippen molar-refractivity contribution < 1.29 is 14.6 Å². The Morgan fingerprint density at radius 3 is 2.60 bits per heavy atom. The highest BCUT2D eigenvalue weighted by molar-refractivity contribution is 5.94. The summed E-state index contributed by atoms with van der Waals surface area (Å²) in [5.74, 6) is 0.402. The van der Waals surface area contributed by atoms with Gasteiger partial charge in [-0.2, -0.15) is 9.90 Å². The largest absolute Gasteiger partial charge is 0.487 e. The number of aliphatic hydroxyl groups excluding tert-OH is 1. The van der Waals surface area contributed by atoms with Gasteiger partial charge < -0.3 is 15.2 Å². The zero-order valence-electron chi connectivity index (χ0n) is 13.5. The van der Waals surface area contributed by atoms with Crippen molar-refractivity contribution in [2.24, 2.45) is 0 Å². The lowest BCUT2D eigenvalue weighted by atomic mass is 10.2. The van der Waals surface area contributed by atoms with Crippen LogP contribution in [0, 0.1) is 0 Å². The van der Waals surface area contributed by atoms with Gasteiger partial charge in [0.1, 0.15) is 18.1 Å². The Morgan fingerprint density at radius 1 is 1.12 bits per heavy atom. The van der Waals surface area contributed by atoms with Gasteiger partial charge in [0.25, 0.3) is 5.91 Å². The molecule has 128 valence electrons. The van der Waals surface area contributed by atoms with Crippen molar-refractivity contribution >= 4 is 5.91 Å². The lowest BCUT2D eigenvalue weighted by Gasteiger charge is -2.06. The third-order valence-electron chi connectivity index (χ3n) is 3.43. The second-order valence-corrected chi connectivity index (χ2v) is 5.25. The number of hydrogen-bond donors (Lipinski definition) is 2. The summed E-state index contributed by atoms with van der Waals surface area (Å²) in [7, 11) is 0. The number of aromatic nitrogens is 3. The van der Waals surface area contributed by atoms with Crippen LogP contribution in [0.15, 0.2) is 60.8 Å². The zero-order chi connectivity index (χ0) is 17.5. The summed E-state index contributed by atoms with van der Waals surface area (Å²) < 4.78 is 5.67. The Hall–Kier alpha value is -3.19. The van der Waals surface area contributed by atoms with E-state index >= 15 is 0 Å². The SMILES string of the molecule is O=C(NCCO)c1ccc(OCc2cnn(-c3ccccc3)n2)cc1. The Kier molecular flexibility index (Phi) is 5.38. The maximum absolute atomic E-state index is 11.7. The van der Waals surface area contributed by atoms with E-state index in [1.165, 1.54) is 0 Å². The fourth-order valence-corrected chi connectivity index (χ4v) is 2.18. The molecule has 2 aromatic carbocycles. The summed E-state index contributed by atoms with van der Waals surface area (Å²) >= 11 is 0. The van der Waals surface area contributed by atoms with E-state index in [-0.39, 0.29) is 25.7 Å². The van der Waals surface area contributed by atoms with E-state index in [2.05, 4.69) is 15.5 Å². The van der Waals surface area contributed by atoms with Crippen LogP contribution >= 0.6 is 0 Å². The lowest BCUT2D eigenvalue weighted by Crippen LogP contribution is -2.26. The number of hydrogen-bond acceptors (Lipinski definition) is 5. The average molecular weight is 338 g/mol. The maximum Gasteiger partial charge on any atom is 0.251 e. The highest BCUT2D eigenvalue weighted by atomic mass is 16.5. The van der Waals surface area contributed by atoms with Crippen molar-refractivity contribution in [3.63, 3.8) is 0 Å². The number of nitrogens with zero attached hydrogens (tertiary/aromatic N) is 3. The van der Waals surface area contributed by atoms with Crippen LogP contribution in [-0.2, 0) is 6.61 Å². The first-order valence-electron chi connectivity index (χ1n) is 7.85.